The smallest absolute Gasteiger partial charge is 0.282 e. The summed E-state index contributed by atoms with van der Waals surface area (Å²) in [6, 6.07) is 10.6. The van der Waals surface area contributed by atoms with Gasteiger partial charge in [0.1, 0.15) is 0 Å². The maximum atomic E-state index is 10.8. The lowest BCUT2D eigenvalue weighted by Crippen LogP contribution is -2.00. The van der Waals surface area contributed by atoms with Crippen LogP contribution in [0.2, 0.25) is 0 Å². The van der Waals surface area contributed by atoms with Crippen molar-refractivity contribution < 1.29 is 25.9 Å². The Morgan fingerprint density at radius 1 is 0.885 bits per heavy atom. The van der Waals surface area contributed by atoms with Gasteiger partial charge in [0, 0.05) is 0 Å². The Morgan fingerprint density at radius 2 is 1.42 bits per heavy atom. The van der Waals surface area contributed by atoms with Crippen LogP contribution in [0.3, 0.4) is 0 Å². The van der Waals surface area contributed by atoms with Gasteiger partial charge in [-0.2, -0.15) is 16.8 Å². The van der Waals surface area contributed by atoms with E-state index in [1.807, 2.05) is 19.1 Å². The molecule has 0 aliphatic carbocycles. The zero-order valence-electron chi connectivity index (χ0n) is 14.3. The van der Waals surface area contributed by atoms with Gasteiger partial charge < -0.3 is 0 Å². The lowest BCUT2D eigenvalue weighted by molar-refractivity contribution is 0.480. The minimum absolute atomic E-state index is 0.0573. The standard InChI is InChI=1S/2C9H10O3S/c1-3-8-4-5-9(7(2)6-8)13(10,11)12;1-2-3-8-4-6-9(7-5-8)13(10,11)12/h3-6H,1H2,2H3,(H,10,11,12);2-7H,1H3,(H,10,11,12). The fourth-order valence-corrected chi connectivity index (χ4v) is 3.22. The van der Waals surface area contributed by atoms with Crippen LogP contribution >= 0.6 is 0 Å². The third-order valence-corrected chi connectivity index (χ3v) is 5.13. The molecule has 26 heavy (non-hydrogen) atoms. The molecule has 0 amide bonds. The summed E-state index contributed by atoms with van der Waals surface area (Å²) in [4.78, 5) is -0.140. The van der Waals surface area contributed by atoms with Crippen LogP contribution in [0.1, 0.15) is 23.6 Å². The molecule has 0 heterocycles. The van der Waals surface area contributed by atoms with E-state index >= 15 is 0 Å². The van der Waals surface area contributed by atoms with Crippen LogP contribution in [0, 0.1) is 6.92 Å². The minimum atomic E-state index is -4.09. The highest BCUT2D eigenvalue weighted by Gasteiger charge is 2.12. The van der Waals surface area contributed by atoms with E-state index in [1.54, 1.807) is 37.3 Å². The number of allylic oxidation sites excluding steroid dienone is 1. The molecule has 0 spiro atoms. The van der Waals surface area contributed by atoms with Crippen molar-refractivity contribution in [3.8, 4) is 0 Å². The van der Waals surface area contributed by atoms with Crippen molar-refractivity contribution in [2.75, 3.05) is 0 Å². The lowest BCUT2D eigenvalue weighted by atomic mass is 10.1. The third kappa shape index (κ3) is 6.57. The first-order chi connectivity index (χ1) is 12.0. The second-order valence-corrected chi connectivity index (χ2v) is 8.06. The maximum Gasteiger partial charge on any atom is 0.294 e. The summed E-state index contributed by atoms with van der Waals surface area (Å²) in [5.41, 5.74) is 2.24. The average molecular weight is 396 g/mol. The quantitative estimate of drug-likeness (QED) is 0.760. The number of rotatable bonds is 4. The molecule has 0 aromatic heterocycles. The molecule has 140 valence electrons. The summed E-state index contributed by atoms with van der Waals surface area (Å²) < 4.78 is 60.3. The van der Waals surface area contributed by atoms with E-state index < -0.39 is 20.2 Å². The second kappa shape index (κ2) is 8.91. The largest absolute Gasteiger partial charge is 0.294 e. The van der Waals surface area contributed by atoms with Gasteiger partial charge in [0.15, 0.2) is 0 Å². The molecule has 0 aliphatic heterocycles. The Labute approximate surface area is 154 Å². The molecule has 0 saturated heterocycles. The van der Waals surface area contributed by atoms with Crippen molar-refractivity contribution in [1.29, 1.82) is 0 Å². The first kappa shape index (κ1) is 21.8. The maximum absolute atomic E-state index is 10.8. The van der Waals surface area contributed by atoms with E-state index in [0.29, 0.717) is 5.56 Å². The molecule has 0 bridgehead atoms. The molecule has 0 unspecified atom stereocenters. The third-order valence-electron chi connectivity index (χ3n) is 3.25. The first-order valence-corrected chi connectivity index (χ1v) is 10.3. The molecule has 2 rings (SSSR count). The van der Waals surface area contributed by atoms with E-state index in [4.69, 9.17) is 9.11 Å². The topological polar surface area (TPSA) is 109 Å². The fraction of sp³-hybridized carbons (Fsp3) is 0.111. The summed E-state index contributed by atoms with van der Waals surface area (Å²) in [6.45, 7) is 7.04. The number of hydrogen-bond donors (Lipinski definition) is 2. The van der Waals surface area contributed by atoms with E-state index in [-0.39, 0.29) is 9.79 Å². The van der Waals surface area contributed by atoms with Crippen LogP contribution in [0.5, 0.6) is 0 Å². The number of benzene rings is 2. The Bertz CT molecular complexity index is 1000. The molecule has 0 atom stereocenters. The average Bonchev–Trinajstić information content (AvgIpc) is 2.54. The molecule has 0 fully saturated rings. The Hall–Kier alpha value is -2.26. The van der Waals surface area contributed by atoms with Crippen LogP contribution < -0.4 is 0 Å². The molecule has 0 radical (unpaired) electrons. The van der Waals surface area contributed by atoms with Crippen LogP contribution in [-0.4, -0.2) is 25.9 Å². The van der Waals surface area contributed by atoms with Crippen molar-refractivity contribution in [1.82, 2.24) is 0 Å². The van der Waals surface area contributed by atoms with E-state index in [1.165, 1.54) is 18.2 Å². The fourth-order valence-electron chi connectivity index (χ4n) is 2.03. The van der Waals surface area contributed by atoms with Crippen LogP contribution in [0.15, 0.2) is 64.9 Å². The van der Waals surface area contributed by atoms with Crippen molar-refractivity contribution in [2.45, 2.75) is 23.6 Å². The second-order valence-electron chi connectivity index (χ2n) is 5.25. The Balaban J connectivity index is 0.000000260. The van der Waals surface area contributed by atoms with E-state index in [2.05, 4.69) is 6.58 Å². The Kier molecular flexibility index (Phi) is 7.46. The van der Waals surface area contributed by atoms with Gasteiger partial charge in [0.25, 0.3) is 20.2 Å². The van der Waals surface area contributed by atoms with Crippen molar-refractivity contribution in [3.05, 3.63) is 71.8 Å². The van der Waals surface area contributed by atoms with Crippen molar-refractivity contribution >= 4 is 32.4 Å². The minimum Gasteiger partial charge on any atom is -0.282 e. The number of hydrogen-bond acceptors (Lipinski definition) is 4. The van der Waals surface area contributed by atoms with E-state index in [9.17, 15) is 16.8 Å². The number of aryl methyl sites for hydroxylation is 1. The first-order valence-electron chi connectivity index (χ1n) is 7.40. The Morgan fingerprint density at radius 3 is 1.81 bits per heavy atom. The predicted molar refractivity (Wildman–Crippen MR) is 102 cm³/mol. The zero-order chi connectivity index (χ0) is 20.0. The van der Waals surface area contributed by atoms with Gasteiger partial charge in [-0.15, -0.1) is 0 Å². The van der Waals surface area contributed by atoms with Crippen LogP contribution in [0.4, 0.5) is 0 Å². The highest BCUT2D eigenvalue weighted by molar-refractivity contribution is 7.86. The monoisotopic (exact) mass is 396 g/mol. The predicted octanol–water partition coefficient (Wildman–Crippen LogP) is 3.85. The zero-order valence-corrected chi connectivity index (χ0v) is 16.0. The van der Waals surface area contributed by atoms with Crippen LogP contribution in [0.25, 0.3) is 12.2 Å². The molecular formula is C18H20O6S2. The molecule has 2 N–H and O–H groups in total. The molecule has 2 aromatic rings. The summed E-state index contributed by atoms with van der Waals surface area (Å²) in [5.74, 6) is 0. The van der Waals surface area contributed by atoms with Gasteiger partial charge in [-0.1, -0.05) is 49.1 Å². The summed E-state index contributed by atoms with van der Waals surface area (Å²) in [7, 11) is -8.15. The lowest BCUT2D eigenvalue weighted by Gasteiger charge is -2.02. The molecular weight excluding hydrogens is 376 g/mol. The highest BCUT2D eigenvalue weighted by Crippen LogP contribution is 2.16. The molecule has 2 aromatic carbocycles. The van der Waals surface area contributed by atoms with E-state index in [0.717, 1.165) is 11.1 Å². The summed E-state index contributed by atoms with van der Waals surface area (Å²) >= 11 is 0. The van der Waals surface area contributed by atoms with Gasteiger partial charge >= 0.3 is 0 Å². The van der Waals surface area contributed by atoms with Gasteiger partial charge in [0.05, 0.1) is 9.79 Å². The van der Waals surface area contributed by atoms with Gasteiger partial charge in [-0.3, -0.25) is 9.11 Å². The molecule has 0 saturated carbocycles. The summed E-state index contributed by atoms with van der Waals surface area (Å²) in [6.07, 6.45) is 5.30. The summed E-state index contributed by atoms with van der Waals surface area (Å²) in [5, 5.41) is 0. The van der Waals surface area contributed by atoms with Gasteiger partial charge in [-0.25, -0.2) is 0 Å². The molecule has 8 heteroatoms. The van der Waals surface area contributed by atoms with Gasteiger partial charge in [-0.05, 0) is 48.7 Å². The SMILES string of the molecule is C=Cc1ccc(S(=O)(=O)O)c(C)c1.CC=Cc1ccc(S(=O)(=O)O)cc1. The normalized spacial score (nSPS) is 11.7. The van der Waals surface area contributed by atoms with Gasteiger partial charge in [0.2, 0.25) is 0 Å². The molecule has 6 nitrogen and oxygen atoms in total. The van der Waals surface area contributed by atoms with Crippen LogP contribution in [-0.2, 0) is 20.2 Å². The van der Waals surface area contributed by atoms with Crippen molar-refractivity contribution in [3.63, 3.8) is 0 Å². The van der Waals surface area contributed by atoms with Crippen molar-refractivity contribution in [2.24, 2.45) is 0 Å². The molecule has 0 aliphatic rings. The highest BCUT2D eigenvalue weighted by atomic mass is 32.2.